The number of hydrogen-bond acceptors (Lipinski definition) is 3. The average molecular weight is 265 g/mol. The van der Waals surface area contributed by atoms with Crippen molar-refractivity contribution < 1.29 is 4.74 Å². The Labute approximate surface area is 113 Å². The first-order valence-corrected chi connectivity index (χ1v) is 6.44. The zero-order chi connectivity index (χ0) is 13.2. The minimum Gasteiger partial charge on any atom is -0.495 e. The van der Waals surface area contributed by atoms with Crippen LogP contribution in [0.4, 0.5) is 5.69 Å². The van der Waals surface area contributed by atoms with Gasteiger partial charge in [-0.05, 0) is 31.0 Å². The molecule has 0 spiro atoms. The maximum Gasteiger partial charge on any atom is 0.142 e. The minimum atomic E-state index is -0.192. The lowest BCUT2D eigenvalue weighted by molar-refractivity contribution is 0.222. The average Bonchev–Trinajstić information content (AvgIpc) is 2.33. The highest BCUT2D eigenvalue weighted by molar-refractivity contribution is 6.30. The minimum absolute atomic E-state index is 0.192. The number of anilines is 1. The highest BCUT2D eigenvalue weighted by Crippen LogP contribution is 2.42. The topological polar surface area (TPSA) is 36.3 Å². The zero-order valence-corrected chi connectivity index (χ0v) is 11.5. The van der Waals surface area contributed by atoms with Crippen LogP contribution in [0.5, 0.6) is 5.75 Å². The Balaban J connectivity index is 2.20. The van der Waals surface area contributed by atoms with Crippen molar-refractivity contribution >= 4 is 17.3 Å². The van der Waals surface area contributed by atoms with E-state index in [9.17, 15) is 5.26 Å². The number of nitrogens with zero attached hydrogens (tertiary/aromatic N) is 2. The van der Waals surface area contributed by atoms with Crippen molar-refractivity contribution in [1.82, 2.24) is 0 Å². The van der Waals surface area contributed by atoms with E-state index in [1.165, 1.54) is 0 Å². The number of benzene rings is 1. The molecular formula is C14H17ClN2O. The van der Waals surface area contributed by atoms with E-state index in [-0.39, 0.29) is 5.41 Å². The van der Waals surface area contributed by atoms with Crippen LogP contribution in [-0.2, 0) is 0 Å². The molecule has 0 heterocycles. The molecule has 1 saturated carbocycles. The summed E-state index contributed by atoms with van der Waals surface area (Å²) in [5.74, 6) is 0.786. The van der Waals surface area contributed by atoms with Crippen LogP contribution in [0.25, 0.3) is 0 Å². The third-order valence-corrected chi connectivity index (χ3v) is 3.87. The molecule has 1 aromatic rings. The lowest BCUT2D eigenvalue weighted by atomic mass is 9.69. The smallest absolute Gasteiger partial charge is 0.142 e. The van der Waals surface area contributed by atoms with Gasteiger partial charge in [-0.3, -0.25) is 0 Å². The van der Waals surface area contributed by atoms with Gasteiger partial charge in [-0.2, -0.15) is 5.26 Å². The Kier molecular flexibility index (Phi) is 3.68. The number of nitriles is 1. The van der Waals surface area contributed by atoms with E-state index in [0.29, 0.717) is 5.02 Å². The predicted octanol–water partition coefficient (Wildman–Crippen LogP) is 3.48. The molecule has 4 heteroatoms. The van der Waals surface area contributed by atoms with Crippen molar-refractivity contribution in [3.8, 4) is 11.8 Å². The summed E-state index contributed by atoms with van der Waals surface area (Å²) in [6, 6.07) is 7.99. The molecule has 0 bridgehead atoms. The van der Waals surface area contributed by atoms with Gasteiger partial charge in [-0.1, -0.05) is 18.0 Å². The van der Waals surface area contributed by atoms with Crippen LogP contribution in [0.1, 0.15) is 19.3 Å². The summed E-state index contributed by atoms with van der Waals surface area (Å²) in [7, 11) is 3.62. The fourth-order valence-corrected chi connectivity index (χ4v) is 2.58. The van der Waals surface area contributed by atoms with Crippen LogP contribution in [0.15, 0.2) is 18.2 Å². The summed E-state index contributed by atoms with van der Waals surface area (Å²) in [5.41, 5.74) is 0.744. The van der Waals surface area contributed by atoms with Crippen molar-refractivity contribution in [2.45, 2.75) is 19.3 Å². The molecule has 1 fully saturated rings. The molecule has 0 radical (unpaired) electrons. The Hall–Kier alpha value is -1.40. The highest BCUT2D eigenvalue weighted by atomic mass is 35.5. The van der Waals surface area contributed by atoms with E-state index in [0.717, 1.165) is 37.2 Å². The number of hydrogen-bond donors (Lipinski definition) is 0. The molecule has 0 aliphatic heterocycles. The number of halogens is 1. The summed E-state index contributed by atoms with van der Waals surface area (Å²) in [6.45, 7) is 0.722. The third-order valence-electron chi connectivity index (χ3n) is 3.64. The second-order valence-corrected chi connectivity index (χ2v) is 5.35. The van der Waals surface area contributed by atoms with Gasteiger partial charge in [0.25, 0.3) is 0 Å². The van der Waals surface area contributed by atoms with E-state index in [2.05, 4.69) is 11.0 Å². The van der Waals surface area contributed by atoms with Gasteiger partial charge in [0.2, 0.25) is 0 Å². The van der Waals surface area contributed by atoms with Crippen LogP contribution >= 0.6 is 11.6 Å². The Morgan fingerprint density at radius 1 is 1.50 bits per heavy atom. The second kappa shape index (κ2) is 5.07. The molecule has 96 valence electrons. The fourth-order valence-electron chi connectivity index (χ4n) is 2.41. The Morgan fingerprint density at radius 2 is 2.22 bits per heavy atom. The van der Waals surface area contributed by atoms with Crippen LogP contribution in [0.3, 0.4) is 0 Å². The molecule has 0 aromatic heterocycles. The quantitative estimate of drug-likeness (QED) is 0.835. The number of ether oxygens (including phenoxy) is 1. The van der Waals surface area contributed by atoms with E-state index in [1.54, 1.807) is 13.2 Å². The molecule has 0 atom stereocenters. The van der Waals surface area contributed by atoms with Crippen LogP contribution in [0, 0.1) is 16.7 Å². The maximum atomic E-state index is 9.28. The number of methoxy groups -OCH3 is 1. The van der Waals surface area contributed by atoms with Gasteiger partial charge in [0.1, 0.15) is 5.75 Å². The summed E-state index contributed by atoms with van der Waals surface area (Å²) < 4.78 is 5.34. The maximum absolute atomic E-state index is 9.28. The lowest BCUT2D eigenvalue weighted by Gasteiger charge is -2.39. The van der Waals surface area contributed by atoms with Gasteiger partial charge in [0.15, 0.2) is 0 Å². The van der Waals surface area contributed by atoms with E-state index in [4.69, 9.17) is 16.3 Å². The molecule has 0 N–H and O–H groups in total. The molecular weight excluding hydrogens is 248 g/mol. The van der Waals surface area contributed by atoms with Gasteiger partial charge in [-0.25, -0.2) is 0 Å². The van der Waals surface area contributed by atoms with Gasteiger partial charge < -0.3 is 9.64 Å². The van der Waals surface area contributed by atoms with Crippen LogP contribution in [-0.4, -0.2) is 20.7 Å². The molecule has 0 saturated heterocycles. The van der Waals surface area contributed by atoms with Crippen molar-refractivity contribution in [2.75, 3.05) is 25.6 Å². The first-order valence-electron chi connectivity index (χ1n) is 6.06. The van der Waals surface area contributed by atoms with Crippen molar-refractivity contribution in [2.24, 2.45) is 5.41 Å². The lowest BCUT2D eigenvalue weighted by Crippen LogP contribution is -2.39. The first-order chi connectivity index (χ1) is 8.60. The van der Waals surface area contributed by atoms with Gasteiger partial charge in [0.05, 0.1) is 24.3 Å². The fraction of sp³-hybridized carbons (Fsp3) is 0.500. The predicted molar refractivity (Wildman–Crippen MR) is 73.2 cm³/mol. The molecule has 1 aromatic carbocycles. The molecule has 0 amide bonds. The molecule has 3 nitrogen and oxygen atoms in total. The SMILES string of the molecule is COc1ccc(Cl)cc1N(C)CC1(C#N)CCC1. The zero-order valence-electron chi connectivity index (χ0n) is 10.7. The van der Waals surface area contributed by atoms with Gasteiger partial charge in [-0.15, -0.1) is 0 Å². The summed E-state index contributed by atoms with van der Waals surface area (Å²) in [4.78, 5) is 2.06. The van der Waals surface area contributed by atoms with Crippen molar-refractivity contribution in [3.05, 3.63) is 23.2 Å². The molecule has 18 heavy (non-hydrogen) atoms. The summed E-state index contributed by atoms with van der Waals surface area (Å²) in [5, 5.41) is 9.96. The number of rotatable bonds is 4. The second-order valence-electron chi connectivity index (χ2n) is 4.92. The van der Waals surface area contributed by atoms with Crippen molar-refractivity contribution in [1.29, 1.82) is 5.26 Å². The summed E-state index contributed by atoms with van der Waals surface area (Å²) in [6.07, 6.45) is 3.11. The Bertz CT molecular complexity index is 477. The molecule has 2 rings (SSSR count). The molecule has 1 aliphatic rings. The normalized spacial score (nSPS) is 16.6. The monoisotopic (exact) mass is 264 g/mol. The Morgan fingerprint density at radius 3 is 2.72 bits per heavy atom. The van der Waals surface area contributed by atoms with E-state index >= 15 is 0 Å². The molecule has 1 aliphatic carbocycles. The first kappa shape index (κ1) is 13.0. The van der Waals surface area contributed by atoms with Crippen LogP contribution < -0.4 is 9.64 Å². The summed E-state index contributed by atoms with van der Waals surface area (Å²) >= 11 is 6.02. The standard InChI is InChI=1S/C14H17ClN2O/c1-17(10-14(9-16)6-3-7-14)12-8-11(15)4-5-13(12)18-2/h4-5,8H,3,6-7,10H2,1-2H3. The largest absolute Gasteiger partial charge is 0.495 e. The van der Waals surface area contributed by atoms with Gasteiger partial charge in [0, 0.05) is 18.6 Å². The highest BCUT2D eigenvalue weighted by Gasteiger charge is 2.38. The van der Waals surface area contributed by atoms with Gasteiger partial charge >= 0.3 is 0 Å². The van der Waals surface area contributed by atoms with Crippen molar-refractivity contribution in [3.63, 3.8) is 0 Å². The van der Waals surface area contributed by atoms with E-state index in [1.807, 2.05) is 19.2 Å². The van der Waals surface area contributed by atoms with Crippen LogP contribution in [0.2, 0.25) is 5.02 Å². The molecule has 0 unspecified atom stereocenters. The van der Waals surface area contributed by atoms with E-state index < -0.39 is 0 Å². The third kappa shape index (κ3) is 2.39.